The molecule has 0 unspecified atom stereocenters. The van der Waals surface area contributed by atoms with E-state index in [1.807, 2.05) is 6.07 Å². The first-order valence-corrected chi connectivity index (χ1v) is 5.01. The van der Waals surface area contributed by atoms with Crippen LogP contribution in [0.1, 0.15) is 24.5 Å². The SMILES string of the molecule is COc1nc(C2CC2)cc(N)c1Br. The largest absolute Gasteiger partial charge is 0.480 e. The van der Waals surface area contributed by atoms with Crippen LogP contribution in [0, 0.1) is 0 Å². The summed E-state index contributed by atoms with van der Waals surface area (Å²) in [5.74, 6) is 1.19. The molecule has 0 spiro atoms. The number of halogens is 1. The van der Waals surface area contributed by atoms with E-state index in [2.05, 4.69) is 20.9 Å². The molecule has 0 bridgehead atoms. The van der Waals surface area contributed by atoms with Gasteiger partial charge in [0.1, 0.15) is 4.47 Å². The van der Waals surface area contributed by atoms with Crippen LogP contribution in [0.25, 0.3) is 0 Å². The van der Waals surface area contributed by atoms with Crippen molar-refractivity contribution in [3.8, 4) is 5.88 Å². The van der Waals surface area contributed by atoms with Gasteiger partial charge in [0.05, 0.1) is 12.8 Å². The van der Waals surface area contributed by atoms with Gasteiger partial charge in [-0.05, 0) is 34.8 Å². The van der Waals surface area contributed by atoms with Gasteiger partial charge in [-0.25, -0.2) is 4.98 Å². The number of nitrogens with two attached hydrogens (primary N) is 1. The summed E-state index contributed by atoms with van der Waals surface area (Å²) in [6.07, 6.45) is 2.44. The summed E-state index contributed by atoms with van der Waals surface area (Å²) in [4.78, 5) is 4.36. The minimum Gasteiger partial charge on any atom is -0.480 e. The van der Waals surface area contributed by atoms with Crippen molar-refractivity contribution < 1.29 is 4.74 Å². The van der Waals surface area contributed by atoms with Crippen molar-refractivity contribution in [2.24, 2.45) is 0 Å². The maximum absolute atomic E-state index is 5.80. The fourth-order valence-corrected chi connectivity index (χ4v) is 1.63. The fraction of sp³-hybridized carbons (Fsp3) is 0.444. The molecule has 0 aromatic carbocycles. The van der Waals surface area contributed by atoms with Crippen LogP contribution in [0.2, 0.25) is 0 Å². The quantitative estimate of drug-likeness (QED) is 0.866. The first-order chi connectivity index (χ1) is 6.22. The third-order valence-electron chi connectivity index (χ3n) is 2.16. The number of rotatable bonds is 2. The summed E-state index contributed by atoms with van der Waals surface area (Å²) in [5, 5.41) is 0. The molecule has 1 aliphatic rings. The van der Waals surface area contributed by atoms with Crippen molar-refractivity contribution in [2.45, 2.75) is 18.8 Å². The Hall–Kier alpha value is -0.770. The van der Waals surface area contributed by atoms with E-state index in [1.54, 1.807) is 7.11 Å². The Morgan fingerprint density at radius 3 is 2.85 bits per heavy atom. The zero-order valence-electron chi connectivity index (χ0n) is 7.38. The Kier molecular flexibility index (Phi) is 2.15. The van der Waals surface area contributed by atoms with Gasteiger partial charge in [0, 0.05) is 11.6 Å². The van der Waals surface area contributed by atoms with Crippen molar-refractivity contribution in [1.29, 1.82) is 0 Å². The lowest BCUT2D eigenvalue weighted by Gasteiger charge is -2.07. The predicted octanol–water partition coefficient (Wildman–Crippen LogP) is 2.31. The summed E-state index contributed by atoms with van der Waals surface area (Å²) in [5.41, 5.74) is 7.55. The van der Waals surface area contributed by atoms with E-state index in [1.165, 1.54) is 12.8 Å². The van der Waals surface area contributed by atoms with Crippen LogP contribution < -0.4 is 10.5 Å². The van der Waals surface area contributed by atoms with Crippen molar-refractivity contribution in [1.82, 2.24) is 4.98 Å². The van der Waals surface area contributed by atoms with Crippen molar-refractivity contribution in [3.05, 3.63) is 16.2 Å². The number of methoxy groups -OCH3 is 1. The van der Waals surface area contributed by atoms with Gasteiger partial charge in [0.2, 0.25) is 5.88 Å². The minimum atomic E-state index is 0.585. The highest BCUT2D eigenvalue weighted by atomic mass is 79.9. The van der Waals surface area contributed by atoms with Crippen LogP contribution in [0.4, 0.5) is 5.69 Å². The van der Waals surface area contributed by atoms with Crippen LogP contribution in [-0.2, 0) is 0 Å². The molecule has 1 aromatic heterocycles. The van der Waals surface area contributed by atoms with Crippen molar-refractivity contribution in [2.75, 3.05) is 12.8 Å². The van der Waals surface area contributed by atoms with E-state index < -0.39 is 0 Å². The van der Waals surface area contributed by atoms with E-state index in [4.69, 9.17) is 10.5 Å². The first-order valence-electron chi connectivity index (χ1n) is 4.22. The Bertz CT molecular complexity index is 337. The highest BCUT2D eigenvalue weighted by molar-refractivity contribution is 9.10. The van der Waals surface area contributed by atoms with Gasteiger partial charge in [-0.2, -0.15) is 0 Å². The zero-order chi connectivity index (χ0) is 9.42. The maximum Gasteiger partial charge on any atom is 0.230 e. The average Bonchev–Trinajstić information content (AvgIpc) is 2.92. The number of pyridine rings is 1. The maximum atomic E-state index is 5.80. The highest BCUT2D eigenvalue weighted by Gasteiger charge is 2.26. The lowest BCUT2D eigenvalue weighted by molar-refractivity contribution is 0.394. The summed E-state index contributed by atoms with van der Waals surface area (Å²) in [7, 11) is 1.60. The Labute approximate surface area is 85.4 Å². The standard InChI is InChI=1S/C9H11BrN2O/c1-13-9-8(10)6(11)4-7(12-9)5-2-3-5/h4-5H,2-3H2,1H3,(H2,11,12). The van der Waals surface area contributed by atoms with Gasteiger partial charge in [0.15, 0.2) is 0 Å². The van der Waals surface area contributed by atoms with Crippen LogP contribution in [-0.4, -0.2) is 12.1 Å². The van der Waals surface area contributed by atoms with Crippen LogP contribution in [0.5, 0.6) is 5.88 Å². The van der Waals surface area contributed by atoms with E-state index in [-0.39, 0.29) is 0 Å². The molecule has 2 rings (SSSR count). The van der Waals surface area contributed by atoms with Crippen LogP contribution >= 0.6 is 15.9 Å². The normalized spacial score (nSPS) is 15.8. The van der Waals surface area contributed by atoms with Crippen LogP contribution in [0.3, 0.4) is 0 Å². The van der Waals surface area contributed by atoms with Gasteiger partial charge in [-0.15, -0.1) is 0 Å². The van der Waals surface area contributed by atoms with Gasteiger partial charge in [-0.3, -0.25) is 0 Å². The second-order valence-corrected chi connectivity index (χ2v) is 4.03. The van der Waals surface area contributed by atoms with E-state index in [9.17, 15) is 0 Å². The molecule has 0 aliphatic heterocycles. The number of hydrogen-bond acceptors (Lipinski definition) is 3. The number of hydrogen-bond donors (Lipinski definition) is 1. The van der Waals surface area contributed by atoms with Crippen LogP contribution in [0.15, 0.2) is 10.5 Å². The number of anilines is 1. The van der Waals surface area contributed by atoms with E-state index in [0.717, 1.165) is 10.2 Å². The molecule has 1 fully saturated rings. The van der Waals surface area contributed by atoms with Gasteiger partial charge >= 0.3 is 0 Å². The molecule has 4 heteroatoms. The number of aromatic nitrogens is 1. The van der Waals surface area contributed by atoms with E-state index in [0.29, 0.717) is 17.5 Å². The fourth-order valence-electron chi connectivity index (χ4n) is 1.27. The van der Waals surface area contributed by atoms with Crippen molar-refractivity contribution >= 4 is 21.6 Å². The molecular weight excluding hydrogens is 232 g/mol. The molecule has 3 nitrogen and oxygen atoms in total. The number of ether oxygens (including phenoxy) is 1. The monoisotopic (exact) mass is 242 g/mol. The average molecular weight is 243 g/mol. The first kappa shape index (κ1) is 8.81. The molecule has 1 aromatic rings. The summed E-state index contributed by atoms with van der Waals surface area (Å²) >= 11 is 3.33. The second-order valence-electron chi connectivity index (χ2n) is 3.23. The third kappa shape index (κ3) is 1.63. The minimum absolute atomic E-state index is 0.585. The van der Waals surface area contributed by atoms with E-state index >= 15 is 0 Å². The molecule has 0 amide bonds. The van der Waals surface area contributed by atoms with Crippen molar-refractivity contribution in [3.63, 3.8) is 0 Å². The molecule has 13 heavy (non-hydrogen) atoms. The topological polar surface area (TPSA) is 48.1 Å². The summed E-state index contributed by atoms with van der Waals surface area (Å²) in [6.45, 7) is 0. The third-order valence-corrected chi connectivity index (χ3v) is 2.96. The molecule has 1 heterocycles. The number of nitrogen functional groups attached to an aromatic ring is 1. The molecule has 0 radical (unpaired) electrons. The predicted molar refractivity (Wildman–Crippen MR) is 54.9 cm³/mol. The zero-order valence-corrected chi connectivity index (χ0v) is 8.97. The molecular formula is C9H11BrN2O. The highest BCUT2D eigenvalue weighted by Crippen LogP contribution is 2.42. The van der Waals surface area contributed by atoms with Gasteiger partial charge in [0.25, 0.3) is 0 Å². The molecule has 70 valence electrons. The summed E-state index contributed by atoms with van der Waals surface area (Å²) in [6, 6.07) is 1.92. The molecule has 0 atom stereocenters. The number of nitrogens with zero attached hydrogens (tertiary/aromatic N) is 1. The molecule has 1 saturated carbocycles. The van der Waals surface area contributed by atoms with Gasteiger partial charge in [-0.1, -0.05) is 0 Å². The Morgan fingerprint density at radius 1 is 1.62 bits per heavy atom. The molecule has 2 N–H and O–H groups in total. The summed E-state index contributed by atoms with van der Waals surface area (Å²) < 4.78 is 5.86. The van der Waals surface area contributed by atoms with Gasteiger partial charge < -0.3 is 10.5 Å². The lowest BCUT2D eigenvalue weighted by Crippen LogP contribution is -1.98. The Balaban J connectivity index is 2.43. The smallest absolute Gasteiger partial charge is 0.230 e. The second kappa shape index (κ2) is 3.18. The lowest BCUT2D eigenvalue weighted by atomic mass is 10.2. The Morgan fingerprint density at radius 2 is 2.31 bits per heavy atom. The molecule has 0 saturated heterocycles. The molecule has 1 aliphatic carbocycles.